The number of rotatable bonds is 6. The lowest BCUT2D eigenvalue weighted by Crippen LogP contribution is -2.34. The van der Waals surface area contributed by atoms with Crippen molar-refractivity contribution in [2.24, 2.45) is 5.92 Å². The molecule has 1 saturated heterocycles. The highest BCUT2D eigenvalue weighted by Crippen LogP contribution is 2.23. The van der Waals surface area contributed by atoms with Crippen LogP contribution in [0.25, 0.3) is 0 Å². The number of H-pyrrole nitrogens is 1. The number of hydrogen-bond acceptors (Lipinski definition) is 4. The number of sulfone groups is 1. The highest BCUT2D eigenvalue weighted by molar-refractivity contribution is 9.10. The Balaban J connectivity index is 1.71. The van der Waals surface area contributed by atoms with Crippen LogP contribution in [-0.4, -0.2) is 47.5 Å². The number of carbonyl (C=O) groups excluding carboxylic acids is 1. The van der Waals surface area contributed by atoms with Gasteiger partial charge in [-0.1, -0.05) is 18.2 Å². The predicted octanol–water partition coefficient (Wildman–Crippen LogP) is 3.17. The number of amides is 1. The number of halogens is 2. The highest BCUT2D eigenvalue weighted by Gasteiger charge is 2.26. The van der Waals surface area contributed by atoms with Crippen LogP contribution in [0.4, 0.5) is 4.39 Å². The number of carbonyl (C=O) groups is 1. The summed E-state index contributed by atoms with van der Waals surface area (Å²) in [6.45, 7) is 0.571. The van der Waals surface area contributed by atoms with E-state index in [4.69, 9.17) is 0 Å². The quantitative estimate of drug-likeness (QED) is 0.721. The van der Waals surface area contributed by atoms with Gasteiger partial charge in [-0.2, -0.15) is 5.10 Å². The zero-order chi connectivity index (χ0) is 19.4. The minimum absolute atomic E-state index is 0.146. The monoisotopic (exact) mass is 457 g/mol. The van der Waals surface area contributed by atoms with Crippen LogP contribution < -0.4 is 0 Å². The molecule has 0 atom stereocenters. The molecule has 0 bridgehead atoms. The molecule has 9 heteroatoms. The zero-order valence-electron chi connectivity index (χ0n) is 14.7. The maximum Gasteiger partial charge on any atom is 0.272 e. The van der Waals surface area contributed by atoms with Crippen molar-refractivity contribution in [3.63, 3.8) is 0 Å². The standard InChI is InChI=1S/C18H21BrFN3O3S/c19-17-11-16(21-22-17)18(24)23(12-14-3-1-2-4-15(14)20)8-5-13-6-9-27(25,26)10-7-13/h1-4,11,13H,5-10,12H2,(H,21,22). The van der Waals surface area contributed by atoms with E-state index >= 15 is 0 Å². The molecule has 1 aromatic carbocycles. The summed E-state index contributed by atoms with van der Waals surface area (Å²) in [4.78, 5) is 14.4. The van der Waals surface area contributed by atoms with E-state index < -0.39 is 9.84 Å². The molecule has 0 aliphatic carbocycles. The van der Waals surface area contributed by atoms with Gasteiger partial charge in [0.2, 0.25) is 0 Å². The van der Waals surface area contributed by atoms with Crippen molar-refractivity contribution in [1.82, 2.24) is 15.1 Å². The predicted molar refractivity (Wildman–Crippen MR) is 103 cm³/mol. The Labute approximate surface area is 166 Å². The van der Waals surface area contributed by atoms with Crippen molar-refractivity contribution in [2.45, 2.75) is 25.8 Å². The molecule has 2 aromatic rings. The Morgan fingerprint density at radius 1 is 1.30 bits per heavy atom. The molecule has 0 spiro atoms. The van der Waals surface area contributed by atoms with E-state index in [0.29, 0.717) is 41.7 Å². The molecule has 1 N–H and O–H groups in total. The molecule has 0 unspecified atom stereocenters. The van der Waals surface area contributed by atoms with E-state index in [-0.39, 0.29) is 35.7 Å². The second-order valence-electron chi connectivity index (χ2n) is 6.81. The average Bonchev–Trinajstić information content (AvgIpc) is 3.07. The molecule has 2 heterocycles. The molecular weight excluding hydrogens is 437 g/mol. The lowest BCUT2D eigenvalue weighted by molar-refractivity contribution is 0.0724. The minimum atomic E-state index is -2.91. The Morgan fingerprint density at radius 3 is 2.63 bits per heavy atom. The van der Waals surface area contributed by atoms with Gasteiger partial charge in [-0.05, 0) is 47.2 Å². The van der Waals surface area contributed by atoms with Gasteiger partial charge in [0.15, 0.2) is 0 Å². The zero-order valence-corrected chi connectivity index (χ0v) is 17.1. The van der Waals surface area contributed by atoms with Crippen LogP contribution in [0.5, 0.6) is 0 Å². The maximum absolute atomic E-state index is 14.1. The first-order valence-electron chi connectivity index (χ1n) is 8.78. The third-order valence-electron chi connectivity index (χ3n) is 4.86. The van der Waals surface area contributed by atoms with Gasteiger partial charge in [-0.25, -0.2) is 12.8 Å². The molecule has 146 valence electrons. The summed E-state index contributed by atoms with van der Waals surface area (Å²) in [5, 5.41) is 6.59. The molecule has 1 aromatic heterocycles. The lowest BCUT2D eigenvalue weighted by atomic mass is 9.98. The van der Waals surface area contributed by atoms with Crippen molar-refractivity contribution in [2.75, 3.05) is 18.1 Å². The van der Waals surface area contributed by atoms with Gasteiger partial charge in [0, 0.05) is 24.7 Å². The molecule has 1 aliphatic rings. The van der Waals surface area contributed by atoms with Crippen LogP contribution in [0.15, 0.2) is 34.9 Å². The van der Waals surface area contributed by atoms with Crippen LogP contribution in [0.3, 0.4) is 0 Å². The first kappa shape index (κ1) is 20.0. The Bertz CT molecular complexity index is 902. The Hall–Kier alpha value is -1.74. The van der Waals surface area contributed by atoms with Crippen molar-refractivity contribution < 1.29 is 17.6 Å². The fraction of sp³-hybridized carbons (Fsp3) is 0.444. The number of benzene rings is 1. The summed E-state index contributed by atoms with van der Waals surface area (Å²) in [5.74, 6) is 0.0291. The highest BCUT2D eigenvalue weighted by atomic mass is 79.9. The lowest BCUT2D eigenvalue weighted by Gasteiger charge is -2.27. The number of nitrogens with one attached hydrogen (secondary N) is 1. The van der Waals surface area contributed by atoms with Gasteiger partial charge in [-0.3, -0.25) is 9.89 Å². The minimum Gasteiger partial charge on any atom is -0.333 e. The third-order valence-corrected chi connectivity index (χ3v) is 6.99. The third kappa shape index (κ3) is 5.38. The van der Waals surface area contributed by atoms with E-state index in [1.807, 2.05) is 0 Å². The molecule has 0 saturated carbocycles. The number of nitrogens with zero attached hydrogens (tertiary/aromatic N) is 2. The summed E-state index contributed by atoms with van der Waals surface area (Å²) in [7, 11) is -2.91. The van der Waals surface area contributed by atoms with Crippen molar-refractivity contribution >= 4 is 31.7 Å². The van der Waals surface area contributed by atoms with E-state index in [1.54, 1.807) is 29.2 Å². The van der Waals surface area contributed by atoms with Crippen LogP contribution in [-0.2, 0) is 16.4 Å². The SMILES string of the molecule is O=C(c1cc(Br)n[nH]1)N(CCC1CCS(=O)(=O)CC1)Cc1ccccc1F. The van der Waals surface area contributed by atoms with E-state index in [1.165, 1.54) is 6.07 Å². The molecule has 3 rings (SSSR count). The van der Waals surface area contributed by atoms with Crippen molar-refractivity contribution in [3.05, 3.63) is 52.0 Å². The van der Waals surface area contributed by atoms with E-state index in [2.05, 4.69) is 26.1 Å². The van der Waals surface area contributed by atoms with Gasteiger partial charge in [0.25, 0.3) is 5.91 Å². The van der Waals surface area contributed by atoms with Crippen molar-refractivity contribution in [1.29, 1.82) is 0 Å². The average molecular weight is 458 g/mol. The summed E-state index contributed by atoms with van der Waals surface area (Å²) < 4.78 is 37.8. The normalized spacial score (nSPS) is 17.0. The van der Waals surface area contributed by atoms with E-state index in [0.717, 1.165) is 0 Å². The molecular formula is C18H21BrFN3O3S. The first-order valence-corrected chi connectivity index (χ1v) is 11.4. The number of aromatic amines is 1. The van der Waals surface area contributed by atoms with Gasteiger partial charge in [0.1, 0.15) is 26.0 Å². The van der Waals surface area contributed by atoms with Crippen LogP contribution in [0.1, 0.15) is 35.3 Å². The molecule has 27 heavy (non-hydrogen) atoms. The van der Waals surface area contributed by atoms with Gasteiger partial charge in [-0.15, -0.1) is 0 Å². The topological polar surface area (TPSA) is 83.1 Å². The van der Waals surface area contributed by atoms with Crippen LogP contribution in [0.2, 0.25) is 0 Å². The van der Waals surface area contributed by atoms with Crippen LogP contribution in [0, 0.1) is 11.7 Å². The van der Waals surface area contributed by atoms with Gasteiger partial charge in [0.05, 0.1) is 11.5 Å². The largest absolute Gasteiger partial charge is 0.333 e. The second kappa shape index (κ2) is 8.52. The smallest absolute Gasteiger partial charge is 0.272 e. The van der Waals surface area contributed by atoms with E-state index in [9.17, 15) is 17.6 Å². The maximum atomic E-state index is 14.1. The van der Waals surface area contributed by atoms with Crippen molar-refractivity contribution in [3.8, 4) is 0 Å². The first-order chi connectivity index (χ1) is 12.8. The summed E-state index contributed by atoms with van der Waals surface area (Å²) in [6.07, 6.45) is 1.91. The van der Waals surface area contributed by atoms with Gasteiger partial charge >= 0.3 is 0 Å². The molecule has 0 radical (unpaired) electrons. The summed E-state index contributed by atoms with van der Waals surface area (Å²) >= 11 is 3.21. The van der Waals surface area contributed by atoms with Crippen LogP contribution >= 0.6 is 15.9 Å². The molecule has 6 nitrogen and oxygen atoms in total. The number of hydrogen-bond donors (Lipinski definition) is 1. The summed E-state index contributed by atoms with van der Waals surface area (Å²) in [5.41, 5.74) is 0.764. The fourth-order valence-electron chi connectivity index (χ4n) is 3.23. The number of aromatic nitrogens is 2. The van der Waals surface area contributed by atoms with Gasteiger partial charge < -0.3 is 4.90 Å². The Morgan fingerprint density at radius 2 is 2.00 bits per heavy atom. The molecule has 1 fully saturated rings. The molecule has 1 aliphatic heterocycles. The summed E-state index contributed by atoms with van der Waals surface area (Å²) in [6, 6.07) is 7.96. The second-order valence-corrected chi connectivity index (χ2v) is 9.92. The molecule has 1 amide bonds. The Kier molecular flexibility index (Phi) is 6.31. The fourth-order valence-corrected chi connectivity index (χ4v) is 5.13.